The number of methoxy groups -OCH3 is 1. The van der Waals surface area contributed by atoms with Crippen LogP contribution in [-0.4, -0.2) is 30.4 Å². The van der Waals surface area contributed by atoms with Crippen LogP contribution in [0.1, 0.15) is 58.3 Å². The minimum Gasteiger partial charge on any atom is -0.468 e. The van der Waals surface area contributed by atoms with Crippen molar-refractivity contribution in [3.63, 3.8) is 0 Å². The molecule has 136 valence electrons. The van der Waals surface area contributed by atoms with Crippen molar-refractivity contribution in [2.75, 3.05) is 7.11 Å². The molecule has 1 fully saturated rings. The number of ether oxygens (including phenoxy) is 1. The number of hydrogen-bond acceptors (Lipinski definition) is 5. The minimum absolute atomic E-state index is 0.0593. The molecule has 0 aromatic rings. The van der Waals surface area contributed by atoms with Gasteiger partial charge in [-0.25, -0.2) is 0 Å². The third-order valence-corrected chi connectivity index (χ3v) is 5.34. The molecule has 0 saturated heterocycles. The van der Waals surface area contributed by atoms with Crippen LogP contribution in [0.25, 0.3) is 0 Å². The second-order valence-corrected chi connectivity index (χ2v) is 6.99. The zero-order valence-electron chi connectivity index (χ0n) is 15.0. The standard InChI is InChI=1S/C20H26O5/c1-14-4-3-5-15-7-11-18(23)20(15,19(24)25-2)13-12-17(22)10-9-16(21)8-6-14/h4,12-13,15H,3,5-11H2,1-2H3/b13-12-,14-4+/t15-,20-/m1/s1. The number of carbonyl (C=O) groups is 4. The van der Waals surface area contributed by atoms with Gasteiger partial charge in [-0.1, -0.05) is 17.7 Å². The lowest BCUT2D eigenvalue weighted by Crippen LogP contribution is -2.40. The van der Waals surface area contributed by atoms with Gasteiger partial charge in [0, 0.05) is 25.7 Å². The van der Waals surface area contributed by atoms with Crippen molar-refractivity contribution >= 4 is 23.3 Å². The van der Waals surface area contributed by atoms with E-state index in [-0.39, 0.29) is 36.1 Å². The summed E-state index contributed by atoms with van der Waals surface area (Å²) in [5, 5.41) is 0. The average Bonchev–Trinajstić information content (AvgIpc) is 2.91. The van der Waals surface area contributed by atoms with Crippen molar-refractivity contribution in [2.45, 2.75) is 58.3 Å². The summed E-state index contributed by atoms with van der Waals surface area (Å²) >= 11 is 0. The molecule has 0 heterocycles. The largest absolute Gasteiger partial charge is 0.468 e. The van der Waals surface area contributed by atoms with Crippen LogP contribution in [0.3, 0.4) is 0 Å². The lowest BCUT2D eigenvalue weighted by Gasteiger charge is -2.28. The summed E-state index contributed by atoms with van der Waals surface area (Å²) in [5.74, 6) is -1.11. The summed E-state index contributed by atoms with van der Waals surface area (Å²) in [6.07, 6.45) is 8.61. The van der Waals surface area contributed by atoms with Crippen LogP contribution in [0.2, 0.25) is 0 Å². The van der Waals surface area contributed by atoms with Gasteiger partial charge < -0.3 is 4.74 Å². The molecule has 2 aliphatic carbocycles. The Bertz CT molecular complexity index is 628. The first-order valence-electron chi connectivity index (χ1n) is 8.91. The third kappa shape index (κ3) is 4.33. The molecule has 0 spiro atoms. The monoisotopic (exact) mass is 346 g/mol. The number of Topliss-reactive ketones (excluding diaryl/α,β-unsaturated/α-hetero) is 2. The average molecular weight is 346 g/mol. The first kappa shape index (κ1) is 19.3. The molecule has 0 aliphatic heterocycles. The van der Waals surface area contributed by atoms with Gasteiger partial charge >= 0.3 is 5.97 Å². The number of esters is 1. The van der Waals surface area contributed by atoms with Crippen LogP contribution >= 0.6 is 0 Å². The molecule has 1 saturated carbocycles. The van der Waals surface area contributed by atoms with Crippen molar-refractivity contribution in [3.05, 3.63) is 23.8 Å². The van der Waals surface area contributed by atoms with Crippen molar-refractivity contribution in [1.29, 1.82) is 0 Å². The fourth-order valence-corrected chi connectivity index (χ4v) is 3.75. The predicted octanol–water partition coefficient (Wildman–Crippen LogP) is 3.12. The molecule has 2 atom stereocenters. The number of ketones is 3. The molecule has 0 amide bonds. The highest BCUT2D eigenvalue weighted by Crippen LogP contribution is 2.45. The molecular weight excluding hydrogens is 320 g/mol. The van der Waals surface area contributed by atoms with Crippen LogP contribution in [0.15, 0.2) is 23.8 Å². The Balaban J connectivity index is 2.36. The second-order valence-electron chi connectivity index (χ2n) is 6.99. The van der Waals surface area contributed by atoms with E-state index in [1.807, 2.05) is 6.92 Å². The van der Waals surface area contributed by atoms with Crippen LogP contribution in [0, 0.1) is 11.3 Å². The van der Waals surface area contributed by atoms with Gasteiger partial charge in [0.2, 0.25) is 0 Å². The molecule has 5 nitrogen and oxygen atoms in total. The number of fused-ring (bicyclic) bond motifs is 1. The molecule has 0 bridgehead atoms. The lowest BCUT2D eigenvalue weighted by atomic mass is 9.74. The van der Waals surface area contributed by atoms with Crippen LogP contribution in [0.4, 0.5) is 0 Å². The Morgan fingerprint density at radius 1 is 1.08 bits per heavy atom. The fourth-order valence-electron chi connectivity index (χ4n) is 3.75. The quantitative estimate of drug-likeness (QED) is 0.414. The van der Waals surface area contributed by atoms with Gasteiger partial charge in [-0.05, 0) is 44.6 Å². The molecule has 2 aliphatic rings. The van der Waals surface area contributed by atoms with E-state index in [0.29, 0.717) is 32.1 Å². The molecule has 5 heteroatoms. The first-order valence-corrected chi connectivity index (χ1v) is 8.91. The van der Waals surface area contributed by atoms with Crippen molar-refractivity contribution < 1.29 is 23.9 Å². The first-order chi connectivity index (χ1) is 11.9. The third-order valence-electron chi connectivity index (χ3n) is 5.34. The molecular formula is C20H26O5. The Labute approximate surface area is 148 Å². The topological polar surface area (TPSA) is 77.5 Å². The lowest BCUT2D eigenvalue weighted by molar-refractivity contribution is -0.155. The van der Waals surface area contributed by atoms with E-state index in [2.05, 4.69) is 6.08 Å². The summed E-state index contributed by atoms with van der Waals surface area (Å²) in [7, 11) is 1.27. The molecule has 2 rings (SSSR count). The maximum absolute atomic E-state index is 12.6. The summed E-state index contributed by atoms with van der Waals surface area (Å²) in [6.45, 7) is 1.98. The summed E-state index contributed by atoms with van der Waals surface area (Å²) in [4.78, 5) is 49.0. The van der Waals surface area contributed by atoms with E-state index < -0.39 is 11.4 Å². The maximum Gasteiger partial charge on any atom is 0.323 e. The van der Waals surface area contributed by atoms with Gasteiger partial charge in [-0.15, -0.1) is 0 Å². The van der Waals surface area contributed by atoms with E-state index in [1.54, 1.807) is 0 Å². The molecule has 0 unspecified atom stereocenters. The Morgan fingerprint density at radius 3 is 2.52 bits per heavy atom. The molecule has 0 aromatic heterocycles. The van der Waals surface area contributed by atoms with Crippen molar-refractivity contribution in [3.8, 4) is 0 Å². The van der Waals surface area contributed by atoms with Crippen molar-refractivity contribution in [2.24, 2.45) is 11.3 Å². The molecule has 0 N–H and O–H groups in total. The van der Waals surface area contributed by atoms with Gasteiger partial charge in [0.05, 0.1) is 7.11 Å². The Morgan fingerprint density at radius 2 is 1.80 bits per heavy atom. The van der Waals surface area contributed by atoms with Gasteiger partial charge in [-0.3, -0.25) is 19.2 Å². The second kappa shape index (κ2) is 8.37. The highest BCUT2D eigenvalue weighted by molar-refractivity contribution is 6.08. The number of hydrogen-bond donors (Lipinski definition) is 0. The summed E-state index contributed by atoms with van der Waals surface area (Å²) in [6, 6.07) is 0. The highest BCUT2D eigenvalue weighted by atomic mass is 16.5. The summed E-state index contributed by atoms with van der Waals surface area (Å²) < 4.78 is 4.92. The Kier molecular flexibility index (Phi) is 6.45. The number of carbonyl (C=O) groups excluding carboxylic acids is 4. The van der Waals surface area contributed by atoms with Crippen LogP contribution in [0.5, 0.6) is 0 Å². The summed E-state index contributed by atoms with van der Waals surface area (Å²) in [5.41, 5.74) is -0.236. The molecule has 0 aromatic carbocycles. The predicted molar refractivity (Wildman–Crippen MR) is 92.8 cm³/mol. The zero-order valence-corrected chi connectivity index (χ0v) is 15.0. The zero-order chi connectivity index (χ0) is 18.4. The van der Waals surface area contributed by atoms with Crippen molar-refractivity contribution in [1.82, 2.24) is 0 Å². The SMILES string of the molecule is COC(=O)[C@]12/C=C\C(=O)CCC(=O)CC/C(C)=C/CC[C@@H]1CCC2=O. The fraction of sp³-hybridized carbons (Fsp3) is 0.600. The van der Waals surface area contributed by atoms with Gasteiger partial charge in [0.15, 0.2) is 11.6 Å². The Hall–Kier alpha value is -2.04. The van der Waals surface area contributed by atoms with Gasteiger partial charge in [-0.2, -0.15) is 0 Å². The molecule has 25 heavy (non-hydrogen) atoms. The highest BCUT2D eigenvalue weighted by Gasteiger charge is 2.54. The van der Waals surface area contributed by atoms with E-state index in [4.69, 9.17) is 4.74 Å². The van der Waals surface area contributed by atoms with E-state index >= 15 is 0 Å². The van der Waals surface area contributed by atoms with E-state index in [1.165, 1.54) is 19.3 Å². The van der Waals surface area contributed by atoms with E-state index in [0.717, 1.165) is 12.0 Å². The normalized spacial score (nSPS) is 32.3. The van der Waals surface area contributed by atoms with Gasteiger partial charge in [0.25, 0.3) is 0 Å². The van der Waals surface area contributed by atoms with Gasteiger partial charge in [0.1, 0.15) is 11.2 Å². The van der Waals surface area contributed by atoms with E-state index in [9.17, 15) is 19.2 Å². The van der Waals surface area contributed by atoms with Crippen LogP contribution in [-0.2, 0) is 23.9 Å². The molecule has 0 radical (unpaired) electrons. The minimum atomic E-state index is -1.36. The smallest absolute Gasteiger partial charge is 0.323 e. The number of rotatable bonds is 1. The van der Waals surface area contributed by atoms with Crippen LogP contribution < -0.4 is 0 Å². The number of allylic oxidation sites excluding steroid dienone is 3. The maximum atomic E-state index is 12.6.